The highest BCUT2D eigenvalue weighted by atomic mass is 127. The predicted octanol–water partition coefficient (Wildman–Crippen LogP) is 2.89. The molecule has 0 atom stereocenters. The van der Waals surface area contributed by atoms with Crippen LogP contribution in [0.4, 0.5) is 0 Å². The van der Waals surface area contributed by atoms with Gasteiger partial charge in [0.05, 0.1) is 5.52 Å². The van der Waals surface area contributed by atoms with Crippen LogP contribution in [-0.2, 0) is 0 Å². The molecular formula is C8H4ClIN2. The molecular weight excluding hydrogens is 286 g/mol. The molecule has 1 heterocycles. The zero-order valence-electron chi connectivity index (χ0n) is 5.96. The standard InChI is InChI=1S/C8H4ClIN2/c9-8-5-2-1-3-6(10)7(5)11-4-12-8/h1-4H. The van der Waals surface area contributed by atoms with Crippen LogP contribution in [0.25, 0.3) is 10.9 Å². The Balaban J connectivity index is 2.94. The summed E-state index contributed by atoms with van der Waals surface area (Å²) >= 11 is 8.10. The molecule has 0 aliphatic carbocycles. The van der Waals surface area contributed by atoms with Crippen LogP contribution in [0.5, 0.6) is 0 Å². The molecule has 0 fully saturated rings. The van der Waals surface area contributed by atoms with Crippen LogP contribution in [0.2, 0.25) is 5.15 Å². The lowest BCUT2D eigenvalue weighted by atomic mass is 10.2. The molecule has 4 heteroatoms. The summed E-state index contributed by atoms with van der Waals surface area (Å²) in [6, 6.07) is 5.85. The smallest absolute Gasteiger partial charge is 0.140 e. The number of para-hydroxylation sites is 1. The summed E-state index contributed by atoms with van der Waals surface area (Å²) in [4.78, 5) is 8.04. The van der Waals surface area contributed by atoms with Gasteiger partial charge in [-0.1, -0.05) is 17.7 Å². The van der Waals surface area contributed by atoms with Gasteiger partial charge >= 0.3 is 0 Å². The Bertz CT molecular complexity index is 389. The van der Waals surface area contributed by atoms with Crippen LogP contribution in [0.15, 0.2) is 24.5 Å². The van der Waals surface area contributed by atoms with Crippen LogP contribution in [0, 0.1) is 3.57 Å². The fraction of sp³-hybridized carbons (Fsp3) is 0. The third-order valence-corrected chi connectivity index (χ3v) is 2.74. The maximum absolute atomic E-state index is 5.87. The molecule has 0 aliphatic heterocycles. The fourth-order valence-electron chi connectivity index (χ4n) is 1.02. The third kappa shape index (κ3) is 1.27. The second-order valence-electron chi connectivity index (χ2n) is 2.30. The zero-order chi connectivity index (χ0) is 8.55. The van der Waals surface area contributed by atoms with Gasteiger partial charge in [0, 0.05) is 8.96 Å². The summed E-state index contributed by atoms with van der Waals surface area (Å²) in [6.07, 6.45) is 1.48. The minimum Gasteiger partial charge on any atom is -0.235 e. The molecule has 0 bridgehead atoms. The van der Waals surface area contributed by atoms with Crippen LogP contribution in [0.1, 0.15) is 0 Å². The summed E-state index contributed by atoms with van der Waals surface area (Å²) in [7, 11) is 0. The van der Waals surface area contributed by atoms with Crippen molar-refractivity contribution in [2.75, 3.05) is 0 Å². The molecule has 0 unspecified atom stereocenters. The average molecular weight is 290 g/mol. The van der Waals surface area contributed by atoms with Crippen LogP contribution >= 0.6 is 34.2 Å². The Morgan fingerprint density at radius 1 is 1.25 bits per heavy atom. The summed E-state index contributed by atoms with van der Waals surface area (Å²) in [5, 5.41) is 1.42. The Morgan fingerprint density at radius 3 is 2.83 bits per heavy atom. The van der Waals surface area contributed by atoms with Crippen molar-refractivity contribution in [1.82, 2.24) is 9.97 Å². The van der Waals surface area contributed by atoms with Gasteiger partial charge in [-0.3, -0.25) is 0 Å². The Morgan fingerprint density at radius 2 is 2.08 bits per heavy atom. The average Bonchev–Trinajstić information content (AvgIpc) is 2.07. The van der Waals surface area contributed by atoms with Gasteiger partial charge in [0.25, 0.3) is 0 Å². The molecule has 12 heavy (non-hydrogen) atoms. The maximum atomic E-state index is 5.87. The first-order chi connectivity index (χ1) is 5.79. The van der Waals surface area contributed by atoms with Crippen molar-refractivity contribution in [2.24, 2.45) is 0 Å². The van der Waals surface area contributed by atoms with E-state index in [1.807, 2.05) is 18.2 Å². The number of hydrogen-bond donors (Lipinski definition) is 0. The summed E-state index contributed by atoms with van der Waals surface area (Å²) < 4.78 is 1.09. The number of nitrogens with zero attached hydrogens (tertiary/aromatic N) is 2. The van der Waals surface area contributed by atoms with E-state index in [1.54, 1.807) is 0 Å². The third-order valence-electron chi connectivity index (χ3n) is 1.57. The molecule has 60 valence electrons. The van der Waals surface area contributed by atoms with E-state index in [0.717, 1.165) is 14.5 Å². The Kier molecular flexibility index (Phi) is 2.14. The lowest BCUT2D eigenvalue weighted by Crippen LogP contribution is -1.85. The van der Waals surface area contributed by atoms with E-state index in [9.17, 15) is 0 Å². The molecule has 1 aromatic carbocycles. The van der Waals surface area contributed by atoms with E-state index in [2.05, 4.69) is 32.6 Å². The number of aromatic nitrogens is 2. The molecule has 0 aliphatic rings. The summed E-state index contributed by atoms with van der Waals surface area (Å²) in [5.41, 5.74) is 0.915. The summed E-state index contributed by atoms with van der Waals surface area (Å²) in [5.74, 6) is 0. The molecule has 0 spiro atoms. The molecule has 2 aromatic rings. The number of halogens is 2. The lowest BCUT2D eigenvalue weighted by Gasteiger charge is -1.98. The molecule has 0 saturated carbocycles. The Hall–Kier alpha value is -0.420. The topological polar surface area (TPSA) is 25.8 Å². The molecule has 0 amide bonds. The minimum atomic E-state index is 0.513. The molecule has 0 N–H and O–H groups in total. The van der Waals surface area contributed by atoms with Crippen molar-refractivity contribution in [3.63, 3.8) is 0 Å². The van der Waals surface area contributed by atoms with Crippen LogP contribution < -0.4 is 0 Å². The van der Waals surface area contributed by atoms with Crippen molar-refractivity contribution in [2.45, 2.75) is 0 Å². The lowest BCUT2D eigenvalue weighted by molar-refractivity contribution is 1.22. The summed E-state index contributed by atoms with van der Waals surface area (Å²) in [6.45, 7) is 0. The number of rotatable bonds is 0. The molecule has 2 rings (SSSR count). The highest BCUT2D eigenvalue weighted by Gasteiger charge is 2.02. The van der Waals surface area contributed by atoms with E-state index in [0.29, 0.717) is 5.15 Å². The van der Waals surface area contributed by atoms with E-state index in [4.69, 9.17) is 11.6 Å². The van der Waals surface area contributed by atoms with Gasteiger partial charge in [0.1, 0.15) is 11.5 Å². The van der Waals surface area contributed by atoms with E-state index >= 15 is 0 Å². The first-order valence-corrected chi connectivity index (χ1v) is 4.79. The van der Waals surface area contributed by atoms with Gasteiger partial charge in [-0.05, 0) is 34.7 Å². The predicted molar refractivity (Wildman–Crippen MR) is 57.3 cm³/mol. The quantitative estimate of drug-likeness (QED) is 0.551. The van der Waals surface area contributed by atoms with Crippen LogP contribution in [0.3, 0.4) is 0 Å². The van der Waals surface area contributed by atoms with Crippen molar-refractivity contribution in [3.05, 3.63) is 33.2 Å². The fourth-order valence-corrected chi connectivity index (χ4v) is 1.85. The van der Waals surface area contributed by atoms with E-state index in [-0.39, 0.29) is 0 Å². The first-order valence-electron chi connectivity index (χ1n) is 3.34. The monoisotopic (exact) mass is 290 g/mol. The van der Waals surface area contributed by atoms with Crippen molar-refractivity contribution >= 4 is 45.1 Å². The maximum Gasteiger partial charge on any atom is 0.140 e. The number of hydrogen-bond acceptors (Lipinski definition) is 2. The second kappa shape index (κ2) is 3.14. The zero-order valence-corrected chi connectivity index (χ0v) is 8.87. The Labute approximate surface area is 88.1 Å². The highest BCUT2D eigenvalue weighted by molar-refractivity contribution is 14.1. The van der Waals surface area contributed by atoms with Gasteiger partial charge in [-0.2, -0.15) is 0 Å². The van der Waals surface area contributed by atoms with Crippen molar-refractivity contribution in [3.8, 4) is 0 Å². The normalized spacial score (nSPS) is 10.5. The largest absolute Gasteiger partial charge is 0.235 e. The van der Waals surface area contributed by atoms with Gasteiger partial charge in [0.15, 0.2) is 0 Å². The number of benzene rings is 1. The second-order valence-corrected chi connectivity index (χ2v) is 3.82. The van der Waals surface area contributed by atoms with Gasteiger partial charge in [-0.15, -0.1) is 0 Å². The first kappa shape index (κ1) is 8.19. The van der Waals surface area contributed by atoms with Gasteiger partial charge < -0.3 is 0 Å². The molecule has 2 nitrogen and oxygen atoms in total. The van der Waals surface area contributed by atoms with Gasteiger partial charge in [0.2, 0.25) is 0 Å². The van der Waals surface area contributed by atoms with E-state index in [1.165, 1.54) is 6.33 Å². The van der Waals surface area contributed by atoms with Crippen molar-refractivity contribution < 1.29 is 0 Å². The van der Waals surface area contributed by atoms with Crippen LogP contribution in [-0.4, -0.2) is 9.97 Å². The van der Waals surface area contributed by atoms with E-state index < -0.39 is 0 Å². The van der Waals surface area contributed by atoms with Crippen molar-refractivity contribution in [1.29, 1.82) is 0 Å². The molecule has 1 aromatic heterocycles. The minimum absolute atomic E-state index is 0.513. The highest BCUT2D eigenvalue weighted by Crippen LogP contribution is 2.22. The molecule has 0 saturated heterocycles. The van der Waals surface area contributed by atoms with Gasteiger partial charge in [-0.25, -0.2) is 9.97 Å². The number of fused-ring (bicyclic) bond motifs is 1. The molecule has 0 radical (unpaired) electrons. The SMILES string of the molecule is Clc1ncnc2c(I)cccc12.